The van der Waals surface area contributed by atoms with E-state index in [4.69, 9.17) is 0 Å². The number of hydrogen-bond donors (Lipinski definition) is 2. The van der Waals surface area contributed by atoms with E-state index in [2.05, 4.69) is 30.2 Å². The first-order valence-corrected chi connectivity index (χ1v) is 5.70. The minimum atomic E-state index is 0.688. The number of rotatable bonds is 4. The van der Waals surface area contributed by atoms with Crippen LogP contribution >= 0.6 is 0 Å². The SMILES string of the molecule is Cc1nc2ncnc(NCCn3ccnc3)c2[nH]1. The molecule has 7 nitrogen and oxygen atoms in total. The Morgan fingerprint density at radius 1 is 1.39 bits per heavy atom. The van der Waals surface area contributed by atoms with E-state index < -0.39 is 0 Å². The van der Waals surface area contributed by atoms with E-state index >= 15 is 0 Å². The van der Waals surface area contributed by atoms with Crippen molar-refractivity contribution < 1.29 is 0 Å². The number of nitrogens with one attached hydrogen (secondary N) is 2. The Kier molecular flexibility index (Phi) is 2.64. The van der Waals surface area contributed by atoms with Crippen molar-refractivity contribution >= 4 is 17.0 Å². The second-order valence-corrected chi connectivity index (χ2v) is 3.97. The van der Waals surface area contributed by atoms with E-state index in [0.29, 0.717) is 5.65 Å². The summed E-state index contributed by atoms with van der Waals surface area (Å²) in [6, 6.07) is 0. The number of imidazole rings is 2. The van der Waals surface area contributed by atoms with Gasteiger partial charge in [0.15, 0.2) is 11.5 Å². The molecule has 0 aromatic carbocycles. The van der Waals surface area contributed by atoms with Crippen LogP contribution in [-0.4, -0.2) is 36.0 Å². The van der Waals surface area contributed by atoms with Crippen LogP contribution in [0.5, 0.6) is 0 Å². The lowest BCUT2D eigenvalue weighted by molar-refractivity contribution is 0.725. The number of anilines is 1. The Morgan fingerprint density at radius 2 is 2.33 bits per heavy atom. The van der Waals surface area contributed by atoms with Crippen molar-refractivity contribution in [1.82, 2.24) is 29.5 Å². The molecular formula is C11H13N7. The van der Waals surface area contributed by atoms with Crippen molar-refractivity contribution in [2.24, 2.45) is 0 Å². The molecule has 92 valence electrons. The molecule has 0 amide bonds. The average molecular weight is 243 g/mol. The van der Waals surface area contributed by atoms with Crippen LogP contribution in [0.25, 0.3) is 11.2 Å². The molecule has 0 unspecified atom stereocenters. The molecule has 7 heteroatoms. The predicted octanol–water partition coefficient (Wildman–Crippen LogP) is 0.970. The standard InChI is InChI=1S/C11H13N7/c1-8-16-9-10(14-6-15-11(9)17-8)13-3-5-18-4-2-12-7-18/h2,4,6-7H,3,5H2,1H3,(H2,13,14,15,16,17). The molecule has 3 aromatic rings. The average Bonchev–Trinajstić information content (AvgIpc) is 2.97. The lowest BCUT2D eigenvalue weighted by atomic mass is 10.4. The van der Waals surface area contributed by atoms with E-state index in [1.165, 1.54) is 6.33 Å². The van der Waals surface area contributed by atoms with Crippen molar-refractivity contribution in [2.45, 2.75) is 13.5 Å². The summed E-state index contributed by atoms with van der Waals surface area (Å²) in [5.74, 6) is 1.61. The number of aryl methyl sites for hydroxylation is 1. The molecule has 18 heavy (non-hydrogen) atoms. The molecule has 0 saturated carbocycles. The van der Waals surface area contributed by atoms with Gasteiger partial charge in [0.05, 0.1) is 6.33 Å². The van der Waals surface area contributed by atoms with Crippen molar-refractivity contribution in [2.75, 3.05) is 11.9 Å². The van der Waals surface area contributed by atoms with Gasteiger partial charge < -0.3 is 14.9 Å². The van der Waals surface area contributed by atoms with E-state index in [9.17, 15) is 0 Å². The monoisotopic (exact) mass is 243 g/mol. The van der Waals surface area contributed by atoms with Crippen molar-refractivity contribution in [1.29, 1.82) is 0 Å². The fraction of sp³-hybridized carbons (Fsp3) is 0.273. The highest BCUT2D eigenvalue weighted by atomic mass is 15.1. The summed E-state index contributed by atoms with van der Waals surface area (Å²) < 4.78 is 2.00. The normalized spacial score (nSPS) is 10.9. The van der Waals surface area contributed by atoms with Gasteiger partial charge in [0.1, 0.15) is 17.7 Å². The van der Waals surface area contributed by atoms with Crippen LogP contribution in [0.1, 0.15) is 5.82 Å². The Bertz CT molecular complexity index is 641. The molecule has 3 aromatic heterocycles. The van der Waals surface area contributed by atoms with Crippen LogP contribution in [0.4, 0.5) is 5.82 Å². The lowest BCUT2D eigenvalue weighted by Gasteiger charge is -2.06. The van der Waals surface area contributed by atoms with Crippen LogP contribution in [0, 0.1) is 6.92 Å². The summed E-state index contributed by atoms with van der Waals surface area (Å²) in [5, 5.41) is 3.27. The van der Waals surface area contributed by atoms with Gasteiger partial charge in [-0.1, -0.05) is 0 Å². The zero-order chi connectivity index (χ0) is 12.4. The zero-order valence-corrected chi connectivity index (χ0v) is 9.96. The number of nitrogens with zero attached hydrogens (tertiary/aromatic N) is 5. The predicted molar refractivity (Wildman–Crippen MR) is 67.1 cm³/mol. The van der Waals surface area contributed by atoms with Gasteiger partial charge in [-0.25, -0.2) is 19.9 Å². The summed E-state index contributed by atoms with van der Waals surface area (Å²) in [7, 11) is 0. The van der Waals surface area contributed by atoms with E-state index in [1.54, 1.807) is 12.5 Å². The van der Waals surface area contributed by atoms with E-state index in [-0.39, 0.29) is 0 Å². The third-order valence-corrected chi connectivity index (χ3v) is 2.63. The molecule has 0 bridgehead atoms. The largest absolute Gasteiger partial charge is 0.366 e. The second kappa shape index (κ2) is 4.44. The molecule has 0 spiro atoms. The first-order valence-electron chi connectivity index (χ1n) is 5.70. The second-order valence-electron chi connectivity index (χ2n) is 3.97. The minimum absolute atomic E-state index is 0.688. The molecule has 2 N–H and O–H groups in total. The molecule has 0 aliphatic rings. The maximum absolute atomic E-state index is 4.27. The quantitative estimate of drug-likeness (QED) is 0.713. The fourth-order valence-corrected chi connectivity index (χ4v) is 1.80. The number of hydrogen-bond acceptors (Lipinski definition) is 5. The molecule has 0 fully saturated rings. The van der Waals surface area contributed by atoms with Crippen LogP contribution in [0.2, 0.25) is 0 Å². The Labute approximate surface area is 103 Å². The van der Waals surface area contributed by atoms with Gasteiger partial charge in [0, 0.05) is 25.5 Å². The highest BCUT2D eigenvalue weighted by Crippen LogP contribution is 2.15. The van der Waals surface area contributed by atoms with Gasteiger partial charge in [0.2, 0.25) is 0 Å². The van der Waals surface area contributed by atoms with Gasteiger partial charge >= 0.3 is 0 Å². The van der Waals surface area contributed by atoms with Crippen molar-refractivity contribution in [3.8, 4) is 0 Å². The summed E-state index contributed by atoms with van der Waals surface area (Å²) in [5.41, 5.74) is 1.54. The smallest absolute Gasteiger partial charge is 0.183 e. The van der Waals surface area contributed by atoms with E-state index in [1.807, 2.05) is 17.7 Å². The minimum Gasteiger partial charge on any atom is -0.366 e. The number of aromatic amines is 1. The number of fused-ring (bicyclic) bond motifs is 1. The molecule has 0 aliphatic carbocycles. The van der Waals surface area contributed by atoms with Crippen molar-refractivity contribution in [3.05, 3.63) is 30.9 Å². The Hall–Kier alpha value is -2.44. The Balaban J connectivity index is 1.74. The summed E-state index contributed by atoms with van der Waals surface area (Å²) in [6.45, 7) is 3.50. The first kappa shape index (κ1) is 10.7. The summed E-state index contributed by atoms with van der Waals surface area (Å²) in [6.07, 6.45) is 7.00. The first-order chi connectivity index (χ1) is 8.83. The molecule has 0 atom stereocenters. The van der Waals surface area contributed by atoms with Crippen LogP contribution in [0.3, 0.4) is 0 Å². The lowest BCUT2D eigenvalue weighted by Crippen LogP contribution is -2.10. The number of aromatic nitrogens is 6. The van der Waals surface area contributed by atoms with E-state index in [0.717, 1.165) is 30.2 Å². The third kappa shape index (κ3) is 2.02. The van der Waals surface area contributed by atoms with Crippen molar-refractivity contribution in [3.63, 3.8) is 0 Å². The maximum Gasteiger partial charge on any atom is 0.183 e. The highest BCUT2D eigenvalue weighted by molar-refractivity contribution is 5.82. The van der Waals surface area contributed by atoms with Crippen LogP contribution in [0.15, 0.2) is 25.0 Å². The molecule has 0 aliphatic heterocycles. The summed E-state index contributed by atoms with van der Waals surface area (Å²) in [4.78, 5) is 19.8. The highest BCUT2D eigenvalue weighted by Gasteiger charge is 2.06. The van der Waals surface area contributed by atoms with Gasteiger partial charge in [-0.2, -0.15) is 0 Å². The summed E-state index contributed by atoms with van der Waals surface area (Å²) >= 11 is 0. The van der Waals surface area contributed by atoms with Gasteiger partial charge in [-0.15, -0.1) is 0 Å². The zero-order valence-electron chi connectivity index (χ0n) is 9.96. The van der Waals surface area contributed by atoms with Crippen LogP contribution in [-0.2, 0) is 6.54 Å². The van der Waals surface area contributed by atoms with Crippen LogP contribution < -0.4 is 5.32 Å². The van der Waals surface area contributed by atoms with Gasteiger partial charge in [-0.3, -0.25) is 0 Å². The third-order valence-electron chi connectivity index (χ3n) is 2.63. The number of H-pyrrole nitrogens is 1. The Morgan fingerprint density at radius 3 is 3.17 bits per heavy atom. The maximum atomic E-state index is 4.27. The molecule has 3 rings (SSSR count). The molecule has 3 heterocycles. The molecule has 0 saturated heterocycles. The van der Waals surface area contributed by atoms with Gasteiger partial charge in [0.25, 0.3) is 0 Å². The van der Waals surface area contributed by atoms with Gasteiger partial charge in [-0.05, 0) is 6.92 Å². The fourth-order valence-electron chi connectivity index (χ4n) is 1.80. The topological polar surface area (TPSA) is 84.3 Å². The molecule has 0 radical (unpaired) electrons. The molecular weight excluding hydrogens is 230 g/mol.